The molecule has 1 heterocycles. The number of hydrogen-bond acceptors (Lipinski definition) is 3. The maximum Gasteiger partial charge on any atom is 0.120 e. The Morgan fingerprint density at radius 3 is 1.56 bits per heavy atom. The lowest BCUT2D eigenvalue weighted by Crippen LogP contribution is -2.01. The summed E-state index contributed by atoms with van der Waals surface area (Å²) in [4.78, 5) is 0. The number of benzene rings is 2. The van der Waals surface area contributed by atoms with Gasteiger partial charge < -0.3 is 9.47 Å². The molecule has 0 spiro atoms. The van der Waals surface area contributed by atoms with Crippen LogP contribution in [0.5, 0.6) is 11.5 Å². The van der Waals surface area contributed by atoms with Gasteiger partial charge >= 0.3 is 0 Å². The van der Waals surface area contributed by atoms with E-state index in [0.29, 0.717) is 11.8 Å². The van der Waals surface area contributed by atoms with Gasteiger partial charge in [-0.15, -0.1) is 11.3 Å². The first-order valence-corrected chi connectivity index (χ1v) is 10.1. The van der Waals surface area contributed by atoms with E-state index in [1.807, 2.05) is 11.3 Å². The van der Waals surface area contributed by atoms with Crippen molar-refractivity contribution in [3.8, 4) is 11.5 Å². The van der Waals surface area contributed by atoms with Gasteiger partial charge in [-0.25, -0.2) is 0 Å². The highest BCUT2D eigenvalue weighted by atomic mass is 32.1. The zero-order valence-electron chi connectivity index (χ0n) is 15.7. The first-order valence-electron chi connectivity index (χ1n) is 9.25. The van der Waals surface area contributed by atoms with E-state index in [1.54, 1.807) is 0 Å². The second-order valence-electron chi connectivity index (χ2n) is 7.48. The lowest BCUT2D eigenvalue weighted by atomic mass is 10.1. The van der Waals surface area contributed by atoms with E-state index in [9.17, 15) is 0 Å². The van der Waals surface area contributed by atoms with E-state index in [4.69, 9.17) is 9.47 Å². The van der Waals surface area contributed by atoms with E-state index >= 15 is 0 Å². The number of fused-ring (bicyclic) bond motifs is 3. The van der Waals surface area contributed by atoms with Gasteiger partial charge in [-0.1, -0.05) is 27.7 Å². The van der Waals surface area contributed by atoms with Crippen molar-refractivity contribution in [3.05, 3.63) is 36.4 Å². The average molecular weight is 357 g/mol. The van der Waals surface area contributed by atoms with Crippen molar-refractivity contribution in [2.45, 2.75) is 40.5 Å². The molecule has 3 rings (SSSR count). The highest BCUT2D eigenvalue weighted by Gasteiger charge is 2.08. The van der Waals surface area contributed by atoms with Gasteiger partial charge in [-0.05, 0) is 61.1 Å². The summed E-state index contributed by atoms with van der Waals surface area (Å²) in [6.07, 6.45) is 2.16. The van der Waals surface area contributed by atoms with Crippen LogP contribution in [0.25, 0.3) is 20.2 Å². The van der Waals surface area contributed by atoms with Gasteiger partial charge in [0.1, 0.15) is 11.5 Å². The summed E-state index contributed by atoms with van der Waals surface area (Å²) in [6, 6.07) is 12.9. The van der Waals surface area contributed by atoms with Crippen LogP contribution in [-0.4, -0.2) is 13.2 Å². The van der Waals surface area contributed by atoms with Gasteiger partial charge in [-0.2, -0.15) is 0 Å². The van der Waals surface area contributed by atoms with Crippen LogP contribution in [-0.2, 0) is 0 Å². The first-order chi connectivity index (χ1) is 12.0. The molecule has 2 aromatic carbocycles. The molecule has 1 aromatic heterocycles. The smallest absolute Gasteiger partial charge is 0.120 e. The van der Waals surface area contributed by atoms with Gasteiger partial charge in [0, 0.05) is 20.2 Å². The molecule has 3 heteroatoms. The summed E-state index contributed by atoms with van der Waals surface area (Å²) in [7, 11) is 0. The number of thiophene rings is 1. The minimum atomic E-state index is 0.663. The molecule has 0 aliphatic heterocycles. The zero-order valence-corrected chi connectivity index (χ0v) is 16.5. The zero-order chi connectivity index (χ0) is 17.8. The Balaban J connectivity index is 1.82. The minimum absolute atomic E-state index is 0.663. The molecule has 0 saturated heterocycles. The molecule has 0 atom stereocenters. The molecule has 0 saturated carbocycles. The van der Waals surface area contributed by atoms with E-state index in [2.05, 4.69) is 64.1 Å². The fourth-order valence-electron chi connectivity index (χ4n) is 2.74. The molecule has 0 aliphatic carbocycles. The number of rotatable bonds is 8. The number of ether oxygens (including phenoxy) is 2. The van der Waals surface area contributed by atoms with Gasteiger partial charge in [-0.3, -0.25) is 0 Å². The van der Waals surface area contributed by atoms with Crippen LogP contribution < -0.4 is 9.47 Å². The average Bonchev–Trinajstić information content (AvgIpc) is 2.92. The largest absolute Gasteiger partial charge is 0.494 e. The maximum absolute atomic E-state index is 5.94. The third kappa shape index (κ3) is 4.66. The summed E-state index contributed by atoms with van der Waals surface area (Å²) in [5.41, 5.74) is 0. The Bertz CT molecular complexity index is 764. The van der Waals surface area contributed by atoms with Crippen molar-refractivity contribution in [2.75, 3.05) is 13.2 Å². The molecule has 0 fully saturated rings. The van der Waals surface area contributed by atoms with E-state index < -0.39 is 0 Å². The molecule has 0 aliphatic rings. The van der Waals surface area contributed by atoms with Crippen molar-refractivity contribution >= 4 is 31.5 Å². The summed E-state index contributed by atoms with van der Waals surface area (Å²) in [5.74, 6) is 3.24. The molecule has 134 valence electrons. The molecular formula is C22H28O2S. The van der Waals surface area contributed by atoms with Crippen LogP contribution in [0.2, 0.25) is 0 Å². The van der Waals surface area contributed by atoms with E-state index in [1.165, 1.54) is 20.2 Å². The van der Waals surface area contributed by atoms with Crippen molar-refractivity contribution in [3.63, 3.8) is 0 Å². The third-order valence-electron chi connectivity index (χ3n) is 4.34. The Kier molecular flexibility index (Phi) is 5.85. The predicted molar refractivity (Wildman–Crippen MR) is 109 cm³/mol. The van der Waals surface area contributed by atoms with Crippen molar-refractivity contribution in [2.24, 2.45) is 11.8 Å². The van der Waals surface area contributed by atoms with Crippen LogP contribution in [0, 0.1) is 11.8 Å². The van der Waals surface area contributed by atoms with E-state index in [-0.39, 0.29) is 0 Å². The Labute approximate surface area is 154 Å². The summed E-state index contributed by atoms with van der Waals surface area (Å²) < 4.78 is 14.5. The number of hydrogen-bond donors (Lipinski definition) is 0. The van der Waals surface area contributed by atoms with Gasteiger partial charge in [0.15, 0.2) is 0 Å². The van der Waals surface area contributed by atoms with Gasteiger partial charge in [0.2, 0.25) is 0 Å². The summed E-state index contributed by atoms with van der Waals surface area (Å²) in [5, 5.41) is 2.52. The molecule has 2 nitrogen and oxygen atoms in total. The molecule has 0 bridgehead atoms. The Morgan fingerprint density at radius 1 is 0.720 bits per heavy atom. The topological polar surface area (TPSA) is 18.5 Å². The predicted octanol–water partition coefficient (Wildman–Crippen LogP) is 6.90. The standard InChI is InChI=1S/C22H28O2S/c1-15(2)9-11-23-17-5-7-21-19(13-17)20-14-18(6-8-22(20)25-21)24-12-10-16(3)4/h5-8,13-16H,9-12H2,1-4H3. The molecule has 3 aromatic rings. The Morgan fingerprint density at radius 2 is 1.16 bits per heavy atom. The van der Waals surface area contributed by atoms with Crippen LogP contribution in [0.15, 0.2) is 36.4 Å². The Hall–Kier alpha value is -1.74. The summed E-state index contributed by atoms with van der Waals surface area (Å²) >= 11 is 1.83. The normalized spacial score (nSPS) is 11.8. The quantitative estimate of drug-likeness (QED) is 0.437. The SMILES string of the molecule is CC(C)CCOc1ccc2sc3ccc(OCCC(C)C)cc3c2c1. The fraction of sp³-hybridized carbons (Fsp3) is 0.455. The molecule has 0 amide bonds. The molecule has 0 N–H and O–H groups in total. The molecule has 25 heavy (non-hydrogen) atoms. The van der Waals surface area contributed by atoms with Crippen LogP contribution in [0.3, 0.4) is 0 Å². The highest BCUT2D eigenvalue weighted by Crippen LogP contribution is 2.37. The fourth-order valence-corrected chi connectivity index (χ4v) is 3.81. The van der Waals surface area contributed by atoms with Crippen LogP contribution in [0.4, 0.5) is 0 Å². The molecule has 0 radical (unpaired) electrons. The third-order valence-corrected chi connectivity index (χ3v) is 5.49. The van der Waals surface area contributed by atoms with E-state index in [0.717, 1.165) is 37.6 Å². The highest BCUT2D eigenvalue weighted by molar-refractivity contribution is 7.25. The van der Waals surface area contributed by atoms with Crippen LogP contribution in [0.1, 0.15) is 40.5 Å². The summed E-state index contributed by atoms with van der Waals surface area (Å²) in [6.45, 7) is 10.4. The van der Waals surface area contributed by atoms with Gasteiger partial charge in [0.25, 0.3) is 0 Å². The molecule has 0 unspecified atom stereocenters. The van der Waals surface area contributed by atoms with Crippen molar-refractivity contribution in [1.82, 2.24) is 0 Å². The second kappa shape index (κ2) is 8.09. The monoisotopic (exact) mass is 356 g/mol. The lowest BCUT2D eigenvalue weighted by Gasteiger charge is -2.09. The van der Waals surface area contributed by atoms with Crippen molar-refractivity contribution < 1.29 is 9.47 Å². The first kappa shape index (κ1) is 18.1. The second-order valence-corrected chi connectivity index (χ2v) is 8.56. The van der Waals surface area contributed by atoms with Crippen LogP contribution >= 0.6 is 11.3 Å². The lowest BCUT2D eigenvalue weighted by molar-refractivity contribution is 0.289. The van der Waals surface area contributed by atoms with Gasteiger partial charge in [0.05, 0.1) is 13.2 Å². The minimum Gasteiger partial charge on any atom is -0.494 e. The maximum atomic E-state index is 5.94. The van der Waals surface area contributed by atoms with Crippen molar-refractivity contribution in [1.29, 1.82) is 0 Å². The molecular weight excluding hydrogens is 328 g/mol.